The average molecular weight is 344 g/mol. The standard InChI is InChI=1S/C8H10FIN2O2S/c1-12(2)15(13,14)11-8-4-3-6(10)5-7(8)9/h3-5,11H,1-2H3. The number of anilines is 1. The van der Waals surface area contributed by atoms with E-state index in [1.807, 2.05) is 22.6 Å². The fraction of sp³-hybridized carbons (Fsp3) is 0.250. The molecule has 0 saturated heterocycles. The summed E-state index contributed by atoms with van der Waals surface area (Å²) in [5.74, 6) is -0.590. The van der Waals surface area contributed by atoms with Crippen LogP contribution in [0, 0.1) is 9.39 Å². The van der Waals surface area contributed by atoms with Crippen molar-refractivity contribution < 1.29 is 12.8 Å². The molecule has 0 radical (unpaired) electrons. The zero-order valence-corrected chi connectivity index (χ0v) is 11.1. The maximum Gasteiger partial charge on any atom is 0.301 e. The van der Waals surface area contributed by atoms with Crippen LogP contribution in [0.4, 0.5) is 10.1 Å². The van der Waals surface area contributed by atoms with Crippen molar-refractivity contribution >= 4 is 38.5 Å². The Balaban J connectivity index is 3.01. The number of hydrogen-bond acceptors (Lipinski definition) is 2. The van der Waals surface area contributed by atoms with Gasteiger partial charge in [-0.3, -0.25) is 4.72 Å². The predicted octanol–water partition coefficient (Wildman–Crippen LogP) is 1.65. The Labute approximate surface area is 102 Å². The van der Waals surface area contributed by atoms with Gasteiger partial charge in [0.25, 0.3) is 0 Å². The van der Waals surface area contributed by atoms with Gasteiger partial charge in [-0.25, -0.2) is 4.39 Å². The van der Waals surface area contributed by atoms with E-state index >= 15 is 0 Å². The molecule has 0 atom stereocenters. The number of nitrogens with zero attached hydrogens (tertiary/aromatic N) is 1. The summed E-state index contributed by atoms with van der Waals surface area (Å²) in [5, 5.41) is 0. The minimum atomic E-state index is -3.65. The summed E-state index contributed by atoms with van der Waals surface area (Å²) in [4.78, 5) is 0. The van der Waals surface area contributed by atoms with Gasteiger partial charge in [0.05, 0.1) is 5.69 Å². The van der Waals surface area contributed by atoms with Crippen LogP contribution in [-0.2, 0) is 10.2 Å². The summed E-state index contributed by atoms with van der Waals surface area (Å²) in [6.07, 6.45) is 0. The normalized spacial score (nSPS) is 11.8. The molecule has 7 heteroatoms. The van der Waals surface area contributed by atoms with Gasteiger partial charge in [0.15, 0.2) is 0 Å². The van der Waals surface area contributed by atoms with Gasteiger partial charge in [-0.15, -0.1) is 0 Å². The van der Waals surface area contributed by atoms with Gasteiger partial charge >= 0.3 is 10.2 Å². The van der Waals surface area contributed by atoms with Gasteiger partial charge in [0.2, 0.25) is 0 Å². The van der Waals surface area contributed by atoms with Crippen molar-refractivity contribution in [3.63, 3.8) is 0 Å². The number of halogens is 2. The topological polar surface area (TPSA) is 49.4 Å². The van der Waals surface area contributed by atoms with Crippen molar-refractivity contribution in [3.05, 3.63) is 27.6 Å². The van der Waals surface area contributed by atoms with Crippen LogP contribution in [0.15, 0.2) is 18.2 Å². The molecule has 0 aromatic heterocycles. The molecule has 0 aliphatic heterocycles. The quantitative estimate of drug-likeness (QED) is 0.848. The third-order valence-electron chi connectivity index (χ3n) is 1.65. The Morgan fingerprint density at radius 1 is 1.40 bits per heavy atom. The van der Waals surface area contributed by atoms with Gasteiger partial charge in [-0.2, -0.15) is 12.7 Å². The summed E-state index contributed by atoms with van der Waals surface area (Å²) in [5.41, 5.74) is -0.0517. The van der Waals surface area contributed by atoms with E-state index < -0.39 is 16.0 Å². The third-order valence-corrected chi connectivity index (χ3v) is 3.76. The Kier molecular flexibility index (Phi) is 3.90. The summed E-state index contributed by atoms with van der Waals surface area (Å²) < 4.78 is 39.9. The van der Waals surface area contributed by atoms with E-state index in [1.54, 1.807) is 6.07 Å². The summed E-state index contributed by atoms with van der Waals surface area (Å²) in [6.45, 7) is 0. The van der Waals surface area contributed by atoms with E-state index in [9.17, 15) is 12.8 Å². The van der Waals surface area contributed by atoms with Crippen molar-refractivity contribution in [3.8, 4) is 0 Å². The maximum absolute atomic E-state index is 13.3. The van der Waals surface area contributed by atoms with E-state index in [1.165, 1.54) is 26.2 Å². The second-order valence-corrected chi connectivity index (χ2v) is 6.14. The molecule has 1 N–H and O–H groups in total. The summed E-state index contributed by atoms with van der Waals surface area (Å²) in [6, 6.07) is 4.27. The van der Waals surface area contributed by atoms with Crippen LogP contribution in [0.5, 0.6) is 0 Å². The molecule has 1 rings (SSSR count). The highest BCUT2D eigenvalue weighted by molar-refractivity contribution is 14.1. The monoisotopic (exact) mass is 344 g/mol. The molecule has 4 nitrogen and oxygen atoms in total. The van der Waals surface area contributed by atoms with Crippen LogP contribution in [0.3, 0.4) is 0 Å². The average Bonchev–Trinajstić information content (AvgIpc) is 2.09. The number of rotatable bonds is 3. The second-order valence-electron chi connectivity index (χ2n) is 3.01. The molecule has 15 heavy (non-hydrogen) atoms. The van der Waals surface area contributed by atoms with Crippen LogP contribution in [0.1, 0.15) is 0 Å². The molecule has 1 aromatic carbocycles. The third kappa shape index (κ3) is 3.28. The number of nitrogens with one attached hydrogen (secondary N) is 1. The van der Waals surface area contributed by atoms with Gasteiger partial charge in [0, 0.05) is 17.7 Å². The molecule has 1 aromatic rings. The molecule has 0 aliphatic rings. The molecule has 0 unspecified atom stereocenters. The first-order valence-electron chi connectivity index (χ1n) is 3.98. The van der Waals surface area contributed by atoms with Gasteiger partial charge < -0.3 is 0 Å². The van der Waals surface area contributed by atoms with Crippen LogP contribution < -0.4 is 4.72 Å². The highest BCUT2D eigenvalue weighted by atomic mass is 127. The lowest BCUT2D eigenvalue weighted by Crippen LogP contribution is -2.29. The minimum absolute atomic E-state index is 0.0517. The number of hydrogen-bond donors (Lipinski definition) is 1. The van der Waals surface area contributed by atoms with E-state index in [2.05, 4.69) is 4.72 Å². The van der Waals surface area contributed by atoms with Crippen LogP contribution >= 0.6 is 22.6 Å². The maximum atomic E-state index is 13.3. The van der Waals surface area contributed by atoms with E-state index in [4.69, 9.17) is 0 Å². The second kappa shape index (κ2) is 4.62. The van der Waals surface area contributed by atoms with Crippen LogP contribution in [-0.4, -0.2) is 26.8 Å². The fourth-order valence-electron chi connectivity index (χ4n) is 0.802. The molecule has 84 valence electrons. The van der Waals surface area contributed by atoms with E-state index in [0.717, 1.165) is 4.31 Å². The van der Waals surface area contributed by atoms with Crippen molar-refractivity contribution in [2.24, 2.45) is 0 Å². The van der Waals surface area contributed by atoms with Gasteiger partial charge in [-0.05, 0) is 40.8 Å². The summed E-state index contributed by atoms with van der Waals surface area (Å²) >= 11 is 1.95. The Morgan fingerprint density at radius 3 is 2.47 bits per heavy atom. The summed E-state index contributed by atoms with van der Waals surface area (Å²) in [7, 11) is -0.910. The lowest BCUT2D eigenvalue weighted by Gasteiger charge is -2.13. The Morgan fingerprint density at radius 2 is 2.00 bits per heavy atom. The smallest absolute Gasteiger partial charge is 0.268 e. The predicted molar refractivity (Wildman–Crippen MR) is 65.3 cm³/mol. The van der Waals surface area contributed by atoms with E-state index in [-0.39, 0.29) is 5.69 Å². The molecular formula is C8H10FIN2O2S. The van der Waals surface area contributed by atoms with Gasteiger partial charge in [0.1, 0.15) is 5.82 Å². The van der Waals surface area contributed by atoms with Crippen molar-refractivity contribution in [1.82, 2.24) is 4.31 Å². The minimum Gasteiger partial charge on any atom is -0.268 e. The first-order valence-corrected chi connectivity index (χ1v) is 6.50. The lowest BCUT2D eigenvalue weighted by atomic mass is 10.3. The molecule has 0 fully saturated rings. The molecule has 0 bridgehead atoms. The fourth-order valence-corrected chi connectivity index (χ4v) is 1.88. The largest absolute Gasteiger partial charge is 0.301 e. The zero-order chi connectivity index (χ0) is 11.6. The molecule has 0 heterocycles. The molecule has 0 saturated carbocycles. The van der Waals surface area contributed by atoms with E-state index in [0.29, 0.717) is 3.57 Å². The highest BCUT2D eigenvalue weighted by Gasteiger charge is 2.15. The molecule has 0 aliphatic carbocycles. The van der Waals surface area contributed by atoms with Crippen LogP contribution in [0.25, 0.3) is 0 Å². The Bertz CT molecular complexity index is 462. The SMILES string of the molecule is CN(C)S(=O)(=O)Nc1ccc(I)cc1F. The van der Waals surface area contributed by atoms with Gasteiger partial charge in [-0.1, -0.05) is 0 Å². The van der Waals surface area contributed by atoms with Crippen LogP contribution in [0.2, 0.25) is 0 Å². The molecule has 0 spiro atoms. The highest BCUT2D eigenvalue weighted by Crippen LogP contribution is 2.18. The zero-order valence-electron chi connectivity index (χ0n) is 8.16. The van der Waals surface area contributed by atoms with Crippen molar-refractivity contribution in [2.45, 2.75) is 0 Å². The molecular weight excluding hydrogens is 334 g/mol. The lowest BCUT2D eigenvalue weighted by molar-refractivity contribution is 0.526. The Hall–Kier alpha value is -0.410. The van der Waals surface area contributed by atoms with Crippen molar-refractivity contribution in [1.29, 1.82) is 0 Å². The molecule has 0 amide bonds. The number of benzene rings is 1. The van der Waals surface area contributed by atoms with Crippen molar-refractivity contribution in [2.75, 3.05) is 18.8 Å². The first-order chi connectivity index (χ1) is 6.83. The first kappa shape index (κ1) is 12.7.